The van der Waals surface area contributed by atoms with Crippen molar-refractivity contribution < 1.29 is 0 Å². The highest BCUT2D eigenvalue weighted by Crippen LogP contribution is 2.23. The minimum absolute atomic E-state index is 0.0565. The molecule has 0 radical (unpaired) electrons. The summed E-state index contributed by atoms with van der Waals surface area (Å²) < 4.78 is 1.04. The monoisotopic (exact) mass is 333 g/mol. The molecular formula is C15H16BrN3O. The molecule has 1 saturated heterocycles. The van der Waals surface area contributed by atoms with Crippen molar-refractivity contribution in [2.75, 3.05) is 31.1 Å². The highest BCUT2D eigenvalue weighted by molar-refractivity contribution is 9.10. The van der Waals surface area contributed by atoms with Gasteiger partial charge in [-0.25, -0.2) is 0 Å². The summed E-state index contributed by atoms with van der Waals surface area (Å²) in [5.74, 6) is 0.900. The van der Waals surface area contributed by atoms with Gasteiger partial charge in [0.1, 0.15) is 5.82 Å². The van der Waals surface area contributed by atoms with Crippen LogP contribution in [-0.2, 0) is 0 Å². The molecule has 1 aromatic heterocycles. The van der Waals surface area contributed by atoms with Gasteiger partial charge in [-0.1, -0.05) is 28.1 Å². The van der Waals surface area contributed by atoms with E-state index in [-0.39, 0.29) is 5.56 Å². The van der Waals surface area contributed by atoms with Crippen LogP contribution >= 0.6 is 15.9 Å². The Kier molecular flexibility index (Phi) is 3.89. The number of pyridine rings is 1. The first-order valence-corrected chi connectivity index (χ1v) is 7.48. The fourth-order valence-electron chi connectivity index (χ4n) is 2.41. The van der Waals surface area contributed by atoms with Crippen LogP contribution in [0.5, 0.6) is 0 Å². The SMILES string of the molecule is O=c1cc(-c2ccc(Br)cc2)cc(N2CCNCC2)[nH]1. The lowest BCUT2D eigenvalue weighted by molar-refractivity contribution is 0.584. The highest BCUT2D eigenvalue weighted by atomic mass is 79.9. The predicted molar refractivity (Wildman–Crippen MR) is 85.3 cm³/mol. The van der Waals surface area contributed by atoms with E-state index in [1.54, 1.807) is 6.07 Å². The van der Waals surface area contributed by atoms with E-state index < -0.39 is 0 Å². The third-order valence-electron chi connectivity index (χ3n) is 3.47. The molecule has 1 aromatic carbocycles. The zero-order chi connectivity index (χ0) is 13.9. The maximum Gasteiger partial charge on any atom is 0.250 e. The minimum atomic E-state index is -0.0565. The summed E-state index contributed by atoms with van der Waals surface area (Å²) in [5, 5.41) is 3.31. The first kappa shape index (κ1) is 13.4. The Labute approximate surface area is 126 Å². The van der Waals surface area contributed by atoms with Crippen LogP contribution in [0, 0.1) is 0 Å². The predicted octanol–water partition coefficient (Wildman–Crippen LogP) is 2.21. The Balaban J connectivity index is 1.97. The van der Waals surface area contributed by atoms with Gasteiger partial charge in [0, 0.05) is 36.7 Å². The van der Waals surface area contributed by atoms with Crippen LogP contribution in [-0.4, -0.2) is 31.2 Å². The topological polar surface area (TPSA) is 48.1 Å². The van der Waals surface area contributed by atoms with E-state index >= 15 is 0 Å². The molecule has 2 heterocycles. The van der Waals surface area contributed by atoms with E-state index in [0.717, 1.165) is 47.6 Å². The van der Waals surface area contributed by atoms with Crippen LogP contribution in [0.3, 0.4) is 0 Å². The lowest BCUT2D eigenvalue weighted by Crippen LogP contribution is -2.44. The average molecular weight is 334 g/mol. The number of nitrogens with one attached hydrogen (secondary N) is 2. The van der Waals surface area contributed by atoms with E-state index in [2.05, 4.69) is 37.2 Å². The zero-order valence-corrected chi connectivity index (χ0v) is 12.6. The molecule has 2 N–H and O–H groups in total. The van der Waals surface area contributed by atoms with Crippen molar-refractivity contribution in [2.24, 2.45) is 0 Å². The first-order chi connectivity index (χ1) is 9.72. The number of nitrogens with zero attached hydrogens (tertiary/aromatic N) is 1. The minimum Gasteiger partial charge on any atom is -0.356 e. The average Bonchev–Trinajstić information content (AvgIpc) is 2.48. The van der Waals surface area contributed by atoms with Gasteiger partial charge in [-0.05, 0) is 29.3 Å². The number of H-pyrrole nitrogens is 1. The van der Waals surface area contributed by atoms with Crippen molar-refractivity contribution in [3.8, 4) is 11.1 Å². The fourth-order valence-corrected chi connectivity index (χ4v) is 2.68. The van der Waals surface area contributed by atoms with E-state index in [4.69, 9.17) is 0 Å². The fraction of sp³-hybridized carbons (Fsp3) is 0.267. The Bertz CT molecular complexity index is 645. The normalized spacial score (nSPS) is 15.3. The van der Waals surface area contributed by atoms with Crippen molar-refractivity contribution in [1.29, 1.82) is 0 Å². The van der Waals surface area contributed by atoms with Crippen LogP contribution in [0.1, 0.15) is 0 Å². The van der Waals surface area contributed by atoms with Crippen LogP contribution in [0.4, 0.5) is 5.82 Å². The second kappa shape index (κ2) is 5.81. The summed E-state index contributed by atoms with van der Waals surface area (Å²) >= 11 is 3.43. The summed E-state index contributed by atoms with van der Waals surface area (Å²) in [6.45, 7) is 3.73. The van der Waals surface area contributed by atoms with Gasteiger partial charge in [-0.15, -0.1) is 0 Å². The molecule has 2 aromatic rings. The lowest BCUT2D eigenvalue weighted by atomic mass is 10.1. The Morgan fingerprint density at radius 2 is 1.70 bits per heavy atom. The van der Waals surface area contributed by atoms with Gasteiger partial charge < -0.3 is 15.2 Å². The van der Waals surface area contributed by atoms with Crippen LogP contribution < -0.4 is 15.8 Å². The zero-order valence-electron chi connectivity index (χ0n) is 11.0. The molecule has 1 aliphatic rings. The van der Waals surface area contributed by atoms with E-state index in [1.165, 1.54) is 0 Å². The summed E-state index contributed by atoms with van der Waals surface area (Å²) in [4.78, 5) is 17.0. The van der Waals surface area contributed by atoms with Crippen molar-refractivity contribution in [3.63, 3.8) is 0 Å². The molecule has 0 spiro atoms. The van der Waals surface area contributed by atoms with E-state index in [1.807, 2.05) is 24.3 Å². The van der Waals surface area contributed by atoms with Gasteiger partial charge in [0.25, 0.3) is 0 Å². The number of anilines is 1. The van der Waals surface area contributed by atoms with Gasteiger partial charge in [-0.3, -0.25) is 4.79 Å². The van der Waals surface area contributed by atoms with Crippen molar-refractivity contribution in [3.05, 3.63) is 51.2 Å². The van der Waals surface area contributed by atoms with Gasteiger partial charge in [0.2, 0.25) is 5.56 Å². The van der Waals surface area contributed by atoms with Gasteiger partial charge in [0.05, 0.1) is 0 Å². The molecule has 104 valence electrons. The second-order valence-electron chi connectivity index (χ2n) is 4.86. The molecule has 3 rings (SSSR count). The lowest BCUT2D eigenvalue weighted by Gasteiger charge is -2.29. The number of benzene rings is 1. The molecule has 0 atom stereocenters. The maximum atomic E-state index is 11.9. The Morgan fingerprint density at radius 3 is 2.40 bits per heavy atom. The first-order valence-electron chi connectivity index (χ1n) is 6.68. The number of aromatic amines is 1. The molecule has 0 aliphatic carbocycles. The standard InChI is InChI=1S/C15H16BrN3O/c16-13-3-1-11(2-4-13)12-9-14(18-15(20)10-12)19-7-5-17-6-8-19/h1-4,9-10,17H,5-8H2,(H,18,20). The number of piperazine rings is 1. The van der Waals surface area contributed by atoms with Crippen LogP contribution in [0.15, 0.2) is 45.7 Å². The quantitative estimate of drug-likeness (QED) is 0.885. The van der Waals surface area contributed by atoms with Crippen LogP contribution in [0.25, 0.3) is 11.1 Å². The summed E-state index contributed by atoms with van der Waals surface area (Å²) in [7, 11) is 0. The molecule has 20 heavy (non-hydrogen) atoms. The number of aromatic nitrogens is 1. The van der Waals surface area contributed by atoms with Crippen molar-refractivity contribution >= 4 is 21.7 Å². The number of hydrogen-bond donors (Lipinski definition) is 2. The van der Waals surface area contributed by atoms with Crippen molar-refractivity contribution in [1.82, 2.24) is 10.3 Å². The molecule has 0 unspecified atom stereocenters. The number of halogens is 1. The highest BCUT2D eigenvalue weighted by Gasteiger charge is 2.12. The largest absolute Gasteiger partial charge is 0.356 e. The molecular weight excluding hydrogens is 318 g/mol. The Morgan fingerprint density at radius 1 is 1.00 bits per heavy atom. The Hall–Kier alpha value is -1.59. The molecule has 0 bridgehead atoms. The van der Waals surface area contributed by atoms with Gasteiger partial charge >= 0.3 is 0 Å². The number of hydrogen-bond acceptors (Lipinski definition) is 3. The summed E-state index contributed by atoms with van der Waals surface area (Å²) in [6.07, 6.45) is 0. The third kappa shape index (κ3) is 2.94. The third-order valence-corrected chi connectivity index (χ3v) is 3.99. The molecule has 4 nitrogen and oxygen atoms in total. The molecule has 0 saturated carbocycles. The second-order valence-corrected chi connectivity index (χ2v) is 5.78. The molecule has 1 aliphatic heterocycles. The van der Waals surface area contributed by atoms with Gasteiger partial charge in [0.15, 0.2) is 0 Å². The smallest absolute Gasteiger partial charge is 0.250 e. The van der Waals surface area contributed by atoms with Crippen LogP contribution in [0.2, 0.25) is 0 Å². The molecule has 1 fully saturated rings. The van der Waals surface area contributed by atoms with Crippen molar-refractivity contribution in [2.45, 2.75) is 0 Å². The van der Waals surface area contributed by atoms with E-state index in [0.29, 0.717) is 0 Å². The number of rotatable bonds is 2. The molecule has 5 heteroatoms. The molecule has 0 amide bonds. The summed E-state index contributed by atoms with van der Waals surface area (Å²) in [5.41, 5.74) is 1.95. The van der Waals surface area contributed by atoms with E-state index in [9.17, 15) is 4.79 Å². The summed E-state index contributed by atoms with van der Waals surface area (Å²) in [6, 6.07) is 11.7. The maximum absolute atomic E-state index is 11.9. The van der Waals surface area contributed by atoms with Gasteiger partial charge in [-0.2, -0.15) is 0 Å².